The summed E-state index contributed by atoms with van der Waals surface area (Å²) >= 11 is 0. The van der Waals surface area contributed by atoms with Crippen molar-refractivity contribution in [1.29, 1.82) is 0 Å². The molecule has 2 N–H and O–H groups in total. The Kier molecular flexibility index (Phi) is 8.47. The van der Waals surface area contributed by atoms with Crippen molar-refractivity contribution < 1.29 is 9.53 Å². The lowest BCUT2D eigenvalue weighted by atomic mass is 9.72. The van der Waals surface area contributed by atoms with Crippen LogP contribution < -0.4 is 15.4 Å². The van der Waals surface area contributed by atoms with Gasteiger partial charge >= 0.3 is 0 Å². The average molecular weight is 564 g/mol. The number of benzene rings is 2. The van der Waals surface area contributed by atoms with E-state index >= 15 is 0 Å². The quantitative estimate of drug-likeness (QED) is 0.219. The van der Waals surface area contributed by atoms with Crippen LogP contribution in [0, 0.1) is 12.3 Å². The fourth-order valence-corrected chi connectivity index (χ4v) is 6.63. The molecule has 218 valence electrons. The molecular formula is C35H41N5O2. The van der Waals surface area contributed by atoms with Crippen LogP contribution in [-0.2, 0) is 11.2 Å². The number of nitrogens with zero attached hydrogens (tertiary/aromatic N) is 3. The van der Waals surface area contributed by atoms with Gasteiger partial charge in [-0.1, -0.05) is 56.5 Å². The molecule has 42 heavy (non-hydrogen) atoms. The SMILES string of the molecule is Cc1ccc2c(CC(=O)CC3(C)CCCCC3)cccc2c1Oc1ncccc1-c1ccnc(N[C@H]2CCCNC2)n1. The van der Waals surface area contributed by atoms with E-state index in [0.29, 0.717) is 36.5 Å². The second-order valence-electron chi connectivity index (χ2n) is 12.4. The molecule has 1 saturated carbocycles. The van der Waals surface area contributed by atoms with Gasteiger partial charge in [0.15, 0.2) is 0 Å². The number of hydrogen-bond acceptors (Lipinski definition) is 7. The molecule has 0 radical (unpaired) electrons. The number of piperidine rings is 1. The molecule has 7 nitrogen and oxygen atoms in total. The van der Waals surface area contributed by atoms with Crippen LogP contribution in [0.2, 0.25) is 0 Å². The summed E-state index contributed by atoms with van der Waals surface area (Å²) < 4.78 is 6.61. The number of hydrogen-bond donors (Lipinski definition) is 2. The Morgan fingerprint density at radius 2 is 1.88 bits per heavy atom. The Morgan fingerprint density at radius 1 is 1.00 bits per heavy atom. The first-order valence-corrected chi connectivity index (χ1v) is 15.4. The summed E-state index contributed by atoms with van der Waals surface area (Å²) in [5.41, 5.74) is 3.75. The van der Waals surface area contributed by atoms with Crippen LogP contribution in [0.15, 0.2) is 60.9 Å². The van der Waals surface area contributed by atoms with Crippen LogP contribution in [0.3, 0.4) is 0 Å². The largest absolute Gasteiger partial charge is 0.437 e. The fraction of sp³-hybridized carbons (Fsp3) is 0.429. The molecule has 3 heterocycles. The number of anilines is 1. The molecule has 2 aliphatic rings. The van der Waals surface area contributed by atoms with Gasteiger partial charge in [0.25, 0.3) is 0 Å². The molecule has 2 fully saturated rings. The van der Waals surface area contributed by atoms with Crippen LogP contribution in [0.1, 0.15) is 69.4 Å². The highest BCUT2D eigenvalue weighted by Gasteiger charge is 2.29. The van der Waals surface area contributed by atoms with Crippen LogP contribution in [0.5, 0.6) is 11.6 Å². The number of ether oxygens (including phenoxy) is 1. The van der Waals surface area contributed by atoms with E-state index in [-0.39, 0.29) is 5.41 Å². The van der Waals surface area contributed by atoms with Crippen molar-refractivity contribution in [3.8, 4) is 22.9 Å². The zero-order valence-corrected chi connectivity index (χ0v) is 24.8. The third-order valence-corrected chi connectivity index (χ3v) is 8.90. The van der Waals surface area contributed by atoms with E-state index in [4.69, 9.17) is 9.72 Å². The number of aromatic nitrogens is 3. The van der Waals surface area contributed by atoms with Crippen LogP contribution >= 0.6 is 0 Å². The van der Waals surface area contributed by atoms with Crippen molar-refractivity contribution >= 4 is 22.5 Å². The minimum Gasteiger partial charge on any atom is -0.437 e. The number of fused-ring (bicyclic) bond motifs is 1. The maximum Gasteiger partial charge on any atom is 0.228 e. The van der Waals surface area contributed by atoms with Gasteiger partial charge in [0.2, 0.25) is 11.8 Å². The number of aryl methyl sites for hydroxylation is 1. The van der Waals surface area contributed by atoms with Crippen molar-refractivity contribution in [1.82, 2.24) is 20.3 Å². The molecule has 4 aromatic rings. The van der Waals surface area contributed by atoms with E-state index in [1.807, 2.05) is 31.2 Å². The van der Waals surface area contributed by atoms with E-state index in [2.05, 4.69) is 51.8 Å². The first kappa shape index (κ1) is 28.3. The van der Waals surface area contributed by atoms with Crippen LogP contribution in [0.4, 0.5) is 5.95 Å². The highest BCUT2D eigenvalue weighted by Crippen LogP contribution is 2.40. The number of ketones is 1. The van der Waals surface area contributed by atoms with Gasteiger partial charge in [-0.2, -0.15) is 0 Å². The molecular weight excluding hydrogens is 522 g/mol. The van der Waals surface area contributed by atoms with Gasteiger partial charge in [-0.3, -0.25) is 4.79 Å². The highest BCUT2D eigenvalue weighted by atomic mass is 16.5. The molecule has 0 unspecified atom stereocenters. The molecule has 1 aliphatic carbocycles. The second-order valence-corrected chi connectivity index (χ2v) is 12.4. The number of carbonyl (C=O) groups excluding carboxylic acids is 1. The molecule has 0 amide bonds. The summed E-state index contributed by atoms with van der Waals surface area (Å²) in [5.74, 6) is 2.17. The smallest absolute Gasteiger partial charge is 0.228 e. The summed E-state index contributed by atoms with van der Waals surface area (Å²) in [5, 5.41) is 8.93. The van der Waals surface area contributed by atoms with Crippen LogP contribution in [0.25, 0.3) is 22.0 Å². The standard InChI is InChI=1S/C35H41N5O2/c1-24-13-14-28-25(21-27(41)22-35(2)16-4-3-5-17-35)9-6-11-29(28)32(24)42-33-30(12-8-19-37-33)31-15-20-38-34(40-31)39-26-10-7-18-36-23-26/h6,8-9,11-15,19-20,26,36H,3-5,7,10,16-18,21-23H2,1-2H3,(H,38,39,40)/t26-/m0/s1. The topological polar surface area (TPSA) is 89.0 Å². The van der Waals surface area contributed by atoms with Crippen molar-refractivity contribution in [3.05, 3.63) is 72.1 Å². The number of pyridine rings is 1. The lowest BCUT2D eigenvalue weighted by Gasteiger charge is -2.33. The number of rotatable bonds is 9. The summed E-state index contributed by atoms with van der Waals surface area (Å²) in [4.78, 5) is 27.2. The van der Waals surface area contributed by atoms with Gasteiger partial charge in [0, 0.05) is 43.2 Å². The second kappa shape index (κ2) is 12.6. The molecule has 6 rings (SSSR count). The van der Waals surface area contributed by atoms with Gasteiger partial charge in [-0.05, 0) is 79.3 Å². The van der Waals surface area contributed by atoms with E-state index in [9.17, 15) is 4.79 Å². The van der Waals surface area contributed by atoms with Gasteiger partial charge in [-0.25, -0.2) is 15.0 Å². The van der Waals surface area contributed by atoms with Crippen molar-refractivity contribution in [2.45, 2.75) is 77.7 Å². The first-order chi connectivity index (χ1) is 20.5. The summed E-state index contributed by atoms with van der Waals surface area (Å²) in [6, 6.07) is 16.4. The van der Waals surface area contributed by atoms with Crippen molar-refractivity contribution in [2.75, 3.05) is 18.4 Å². The van der Waals surface area contributed by atoms with Crippen molar-refractivity contribution in [2.24, 2.45) is 5.41 Å². The number of nitrogens with one attached hydrogen (secondary N) is 2. The molecule has 0 bridgehead atoms. The van der Waals surface area contributed by atoms with E-state index in [1.54, 1.807) is 12.4 Å². The molecule has 1 saturated heterocycles. The normalized spacial score (nSPS) is 18.5. The maximum absolute atomic E-state index is 13.3. The van der Waals surface area contributed by atoms with Gasteiger partial charge in [0.1, 0.15) is 11.5 Å². The predicted molar refractivity (Wildman–Crippen MR) is 168 cm³/mol. The molecule has 2 aromatic heterocycles. The van der Waals surface area contributed by atoms with Gasteiger partial charge < -0.3 is 15.4 Å². The summed E-state index contributed by atoms with van der Waals surface area (Å²) in [6.45, 7) is 6.29. The zero-order chi connectivity index (χ0) is 28.9. The van der Waals surface area contributed by atoms with E-state index in [1.165, 1.54) is 19.3 Å². The monoisotopic (exact) mass is 563 g/mol. The molecule has 1 atom stereocenters. The predicted octanol–water partition coefficient (Wildman–Crippen LogP) is 7.43. The molecule has 0 spiro atoms. The minimum atomic E-state index is 0.143. The first-order valence-electron chi connectivity index (χ1n) is 15.4. The third-order valence-electron chi connectivity index (χ3n) is 8.90. The van der Waals surface area contributed by atoms with Crippen molar-refractivity contribution in [3.63, 3.8) is 0 Å². The lowest BCUT2D eigenvalue weighted by molar-refractivity contribution is -0.121. The summed E-state index contributed by atoms with van der Waals surface area (Å²) in [6.07, 6.45) is 12.9. The Bertz CT molecular complexity index is 1560. The minimum absolute atomic E-state index is 0.143. The van der Waals surface area contributed by atoms with Gasteiger partial charge in [-0.15, -0.1) is 0 Å². The van der Waals surface area contributed by atoms with E-state index < -0.39 is 0 Å². The van der Waals surface area contributed by atoms with Crippen LogP contribution in [-0.4, -0.2) is 39.9 Å². The summed E-state index contributed by atoms with van der Waals surface area (Å²) in [7, 11) is 0. The molecule has 1 aliphatic heterocycles. The Morgan fingerprint density at radius 3 is 2.71 bits per heavy atom. The maximum atomic E-state index is 13.3. The fourth-order valence-electron chi connectivity index (χ4n) is 6.63. The Balaban J connectivity index is 1.26. The Hall–Kier alpha value is -3.84. The third kappa shape index (κ3) is 6.46. The zero-order valence-electron chi connectivity index (χ0n) is 24.8. The molecule has 7 heteroatoms. The average Bonchev–Trinajstić information content (AvgIpc) is 3.00. The highest BCUT2D eigenvalue weighted by molar-refractivity contribution is 5.95. The number of Topliss-reactive ketones (excluding diaryl/α,β-unsaturated/α-hetero) is 1. The van der Waals surface area contributed by atoms with E-state index in [0.717, 1.165) is 77.7 Å². The Labute approximate surface area is 248 Å². The van der Waals surface area contributed by atoms with Gasteiger partial charge in [0.05, 0.1) is 11.3 Å². The molecule has 2 aromatic carbocycles. The number of carbonyl (C=O) groups is 1. The lowest BCUT2D eigenvalue weighted by Crippen LogP contribution is -2.38.